The molecule has 0 spiro atoms. The van der Waals surface area contributed by atoms with Crippen LogP contribution in [0.15, 0.2) is 36.5 Å². The lowest BCUT2D eigenvalue weighted by Crippen LogP contribution is -2.33. The van der Waals surface area contributed by atoms with Gasteiger partial charge in [-0.25, -0.2) is 4.98 Å². The number of imidazole rings is 1. The molecule has 0 radical (unpaired) electrons. The Morgan fingerprint density at radius 3 is 2.86 bits per heavy atom. The fourth-order valence-corrected chi connectivity index (χ4v) is 2.81. The molecule has 4 nitrogen and oxygen atoms in total. The van der Waals surface area contributed by atoms with Crippen LogP contribution in [-0.2, 0) is 0 Å². The van der Waals surface area contributed by atoms with Crippen molar-refractivity contribution in [3.05, 3.63) is 47.4 Å². The van der Waals surface area contributed by atoms with Crippen LogP contribution in [0.3, 0.4) is 0 Å². The first-order chi connectivity index (χ1) is 10.7. The van der Waals surface area contributed by atoms with E-state index >= 15 is 0 Å². The number of nitrogens with one attached hydrogen (secondary N) is 2. The molecule has 0 atom stereocenters. The lowest BCUT2D eigenvalue weighted by Gasteiger charge is -2.27. The van der Waals surface area contributed by atoms with Crippen LogP contribution in [-0.4, -0.2) is 33.8 Å². The summed E-state index contributed by atoms with van der Waals surface area (Å²) in [6.07, 6.45) is 9.08. The van der Waals surface area contributed by atoms with Crippen molar-refractivity contribution >= 4 is 23.5 Å². The SMILES string of the molecule is N=C(/C=C\c1ncc(-c2cccc(Cl)c2)[nH]1)N1CCCCC1. The lowest BCUT2D eigenvalue weighted by molar-refractivity contribution is 0.342. The van der Waals surface area contributed by atoms with Gasteiger partial charge in [0.2, 0.25) is 0 Å². The van der Waals surface area contributed by atoms with Crippen molar-refractivity contribution in [2.24, 2.45) is 0 Å². The van der Waals surface area contributed by atoms with Gasteiger partial charge in [0, 0.05) is 23.7 Å². The number of nitrogens with zero attached hydrogens (tertiary/aromatic N) is 2. The van der Waals surface area contributed by atoms with Crippen molar-refractivity contribution in [1.82, 2.24) is 14.9 Å². The predicted octanol–water partition coefficient (Wildman–Crippen LogP) is 4.21. The minimum Gasteiger partial charge on any atom is -0.357 e. The second-order valence-corrected chi connectivity index (χ2v) is 5.90. The molecule has 0 bridgehead atoms. The van der Waals surface area contributed by atoms with E-state index < -0.39 is 0 Å². The summed E-state index contributed by atoms with van der Waals surface area (Å²) < 4.78 is 0. The number of benzene rings is 1. The number of aromatic nitrogens is 2. The predicted molar refractivity (Wildman–Crippen MR) is 91.2 cm³/mol. The van der Waals surface area contributed by atoms with Crippen LogP contribution in [0, 0.1) is 5.41 Å². The van der Waals surface area contributed by atoms with Crippen LogP contribution < -0.4 is 0 Å². The average Bonchev–Trinajstić information content (AvgIpc) is 3.02. The summed E-state index contributed by atoms with van der Waals surface area (Å²) in [7, 11) is 0. The maximum atomic E-state index is 8.11. The number of rotatable bonds is 3. The lowest BCUT2D eigenvalue weighted by atomic mass is 10.1. The number of aromatic amines is 1. The van der Waals surface area contributed by atoms with Gasteiger partial charge in [-0.15, -0.1) is 0 Å². The van der Waals surface area contributed by atoms with Gasteiger partial charge in [0.25, 0.3) is 0 Å². The van der Waals surface area contributed by atoms with Gasteiger partial charge in [0.05, 0.1) is 11.9 Å². The highest BCUT2D eigenvalue weighted by Crippen LogP contribution is 2.21. The summed E-state index contributed by atoms with van der Waals surface area (Å²) in [6.45, 7) is 1.96. The zero-order valence-corrected chi connectivity index (χ0v) is 13.1. The molecule has 114 valence electrons. The number of likely N-dealkylation sites (tertiary alicyclic amines) is 1. The molecule has 2 heterocycles. The van der Waals surface area contributed by atoms with E-state index in [1.165, 1.54) is 19.3 Å². The quantitative estimate of drug-likeness (QED) is 0.658. The van der Waals surface area contributed by atoms with Crippen LogP contribution in [0.5, 0.6) is 0 Å². The van der Waals surface area contributed by atoms with Gasteiger partial charge in [-0.3, -0.25) is 5.41 Å². The van der Waals surface area contributed by atoms with E-state index in [1.807, 2.05) is 36.4 Å². The number of amidine groups is 1. The number of hydrogen-bond donors (Lipinski definition) is 2. The molecule has 3 rings (SSSR count). The van der Waals surface area contributed by atoms with E-state index in [2.05, 4.69) is 14.9 Å². The van der Waals surface area contributed by atoms with Crippen LogP contribution in [0.2, 0.25) is 5.02 Å². The summed E-state index contributed by atoms with van der Waals surface area (Å²) >= 11 is 6.01. The third-order valence-corrected chi connectivity index (χ3v) is 4.06. The Kier molecular flexibility index (Phi) is 4.59. The third kappa shape index (κ3) is 3.57. The number of hydrogen-bond acceptors (Lipinski definition) is 2. The highest BCUT2D eigenvalue weighted by atomic mass is 35.5. The van der Waals surface area contributed by atoms with Gasteiger partial charge in [0.1, 0.15) is 11.7 Å². The molecule has 1 aromatic heterocycles. The van der Waals surface area contributed by atoms with Gasteiger partial charge < -0.3 is 9.88 Å². The largest absolute Gasteiger partial charge is 0.357 e. The topological polar surface area (TPSA) is 55.8 Å². The highest BCUT2D eigenvalue weighted by molar-refractivity contribution is 6.30. The maximum Gasteiger partial charge on any atom is 0.130 e. The molecule has 2 N–H and O–H groups in total. The molecule has 1 aliphatic rings. The molecular formula is C17H19ClN4. The molecule has 0 amide bonds. The molecule has 22 heavy (non-hydrogen) atoms. The number of halogens is 1. The Hall–Kier alpha value is -2.07. The summed E-state index contributed by atoms with van der Waals surface area (Å²) in [4.78, 5) is 9.69. The maximum absolute atomic E-state index is 8.11. The van der Waals surface area contributed by atoms with Crippen molar-refractivity contribution in [1.29, 1.82) is 5.41 Å². The van der Waals surface area contributed by atoms with Crippen molar-refractivity contribution in [2.45, 2.75) is 19.3 Å². The third-order valence-electron chi connectivity index (χ3n) is 3.83. The molecule has 5 heteroatoms. The molecule has 1 saturated heterocycles. The summed E-state index contributed by atoms with van der Waals surface area (Å²) in [6, 6.07) is 7.66. The fourth-order valence-electron chi connectivity index (χ4n) is 2.62. The van der Waals surface area contributed by atoms with E-state index in [9.17, 15) is 0 Å². The highest BCUT2D eigenvalue weighted by Gasteiger charge is 2.11. The first-order valence-corrected chi connectivity index (χ1v) is 7.93. The molecule has 1 fully saturated rings. The van der Waals surface area contributed by atoms with Crippen LogP contribution in [0.1, 0.15) is 25.1 Å². The Morgan fingerprint density at radius 2 is 2.09 bits per heavy atom. The minimum atomic E-state index is 0.556. The van der Waals surface area contributed by atoms with Crippen LogP contribution in [0.25, 0.3) is 17.3 Å². The number of H-pyrrole nitrogens is 1. The van der Waals surface area contributed by atoms with E-state index in [0.29, 0.717) is 10.9 Å². The first-order valence-electron chi connectivity index (χ1n) is 7.55. The van der Waals surface area contributed by atoms with E-state index in [4.69, 9.17) is 17.0 Å². The van der Waals surface area contributed by atoms with Gasteiger partial charge in [-0.1, -0.05) is 23.7 Å². The Balaban J connectivity index is 1.68. The minimum absolute atomic E-state index is 0.556. The Bertz CT molecular complexity index is 683. The van der Waals surface area contributed by atoms with Gasteiger partial charge in [0.15, 0.2) is 0 Å². The van der Waals surface area contributed by atoms with Crippen LogP contribution in [0.4, 0.5) is 0 Å². The molecule has 2 aromatic rings. The van der Waals surface area contributed by atoms with Gasteiger partial charge in [-0.05, 0) is 43.5 Å². The zero-order valence-electron chi connectivity index (χ0n) is 12.3. The van der Waals surface area contributed by atoms with Gasteiger partial charge in [-0.2, -0.15) is 0 Å². The molecule has 1 aliphatic heterocycles. The summed E-state index contributed by atoms with van der Waals surface area (Å²) in [5.41, 5.74) is 1.93. The average molecular weight is 315 g/mol. The standard InChI is InChI=1S/C17H19ClN4/c18-14-6-4-5-13(11-14)15-12-20-17(21-15)8-7-16(19)22-9-2-1-3-10-22/h4-8,11-12,19H,1-3,9-10H2,(H,20,21)/b8-7-,19-16?. The zero-order chi connectivity index (χ0) is 15.4. The second kappa shape index (κ2) is 6.79. The van der Waals surface area contributed by atoms with E-state index in [-0.39, 0.29) is 0 Å². The van der Waals surface area contributed by atoms with Crippen molar-refractivity contribution in [3.8, 4) is 11.3 Å². The monoisotopic (exact) mass is 314 g/mol. The Labute approximate surface area is 135 Å². The van der Waals surface area contributed by atoms with E-state index in [0.717, 1.165) is 30.2 Å². The fraction of sp³-hybridized carbons (Fsp3) is 0.294. The molecule has 0 aliphatic carbocycles. The van der Waals surface area contributed by atoms with Gasteiger partial charge >= 0.3 is 0 Å². The van der Waals surface area contributed by atoms with Crippen molar-refractivity contribution < 1.29 is 0 Å². The molecule has 0 unspecified atom stereocenters. The summed E-state index contributed by atoms with van der Waals surface area (Å²) in [5, 5.41) is 8.82. The first kappa shape index (κ1) is 14.9. The molecular weight excluding hydrogens is 296 g/mol. The number of piperidine rings is 1. The van der Waals surface area contributed by atoms with Crippen molar-refractivity contribution in [2.75, 3.05) is 13.1 Å². The Morgan fingerprint density at radius 1 is 1.27 bits per heavy atom. The van der Waals surface area contributed by atoms with E-state index in [1.54, 1.807) is 6.20 Å². The smallest absolute Gasteiger partial charge is 0.130 e. The normalized spacial score (nSPS) is 15.4. The molecule has 0 saturated carbocycles. The van der Waals surface area contributed by atoms with Crippen LogP contribution >= 0.6 is 11.6 Å². The molecule has 1 aromatic carbocycles. The van der Waals surface area contributed by atoms with Crippen molar-refractivity contribution in [3.63, 3.8) is 0 Å². The summed E-state index contributed by atoms with van der Waals surface area (Å²) in [5.74, 6) is 1.30. The second-order valence-electron chi connectivity index (χ2n) is 5.46.